The Morgan fingerprint density at radius 3 is 2.85 bits per heavy atom. The molecule has 2 atom stereocenters. The lowest BCUT2D eigenvalue weighted by Gasteiger charge is -2.45. The lowest BCUT2D eigenvalue weighted by atomic mass is 9.83. The maximum Gasteiger partial charge on any atom is 0.257 e. The quantitative estimate of drug-likeness (QED) is 0.748. The maximum atomic E-state index is 13.1. The van der Waals surface area contributed by atoms with Gasteiger partial charge in [-0.15, -0.1) is 0 Å². The van der Waals surface area contributed by atoms with Gasteiger partial charge in [0.2, 0.25) is 0 Å². The molecule has 0 radical (unpaired) electrons. The molecule has 2 saturated heterocycles. The number of ether oxygens (including phenoxy) is 1. The fraction of sp³-hybridized carbons (Fsp3) is 0.800. The first kappa shape index (κ1) is 19.4. The summed E-state index contributed by atoms with van der Waals surface area (Å²) in [5.41, 5.74) is 0.686. The van der Waals surface area contributed by atoms with Crippen LogP contribution in [0.15, 0.2) is 12.4 Å². The van der Waals surface area contributed by atoms with Crippen molar-refractivity contribution in [3.63, 3.8) is 0 Å². The molecule has 6 nitrogen and oxygen atoms in total. The molecule has 0 unspecified atom stereocenters. The summed E-state index contributed by atoms with van der Waals surface area (Å²) in [6, 6.07) is 0.909. The van der Waals surface area contributed by atoms with Crippen LogP contribution in [0, 0.1) is 5.92 Å². The van der Waals surface area contributed by atoms with Crippen LogP contribution in [-0.2, 0) is 4.74 Å². The van der Waals surface area contributed by atoms with Gasteiger partial charge in [0.15, 0.2) is 0 Å². The second-order valence-corrected chi connectivity index (χ2v) is 8.05. The Morgan fingerprint density at radius 1 is 1.31 bits per heavy atom. The van der Waals surface area contributed by atoms with Gasteiger partial charge in [-0.3, -0.25) is 9.48 Å². The molecular formula is C20H34N4O2. The van der Waals surface area contributed by atoms with Crippen molar-refractivity contribution in [1.29, 1.82) is 0 Å². The summed E-state index contributed by atoms with van der Waals surface area (Å²) >= 11 is 0. The Balaban J connectivity index is 1.71. The number of carbonyl (C=O) groups excluding carboxylic acids is 1. The molecule has 2 fully saturated rings. The smallest absolute Gasteiger partial charge is 0.257 e. The molecule has 3 heterocycles. The third kappa shape index (κ3) is 4.46. The zero-order valence-corrected chi connectivity index (χ0v) is 16.6. The molecule has 0 bridgehead atoms. The van der Waals surface area contributed by atoms with E-state index in [0.717, 1.165) is 6.54 Å². The molecule has 6 heteroatoms. The summed E-state index contributed by atoms with van der Waals surface area (Å²) in [5.74, 6) is 0.659. The minimum Gasteiger partial charge on any atom is -0.383 e. The van der Waals surface area contributed by atoms with Crippen molar-refractivity contribution >= 4 is 5.91 Å². The van der Waals surface area contributed by atoms with Crippen molar-refractivity contribution < 1.29 is 9.53 Å². The predicted octanol–water partition coefficient (Wildman–Crippen LogP) is 2.82. The minimum absolute atomic E-state index is 0.0851. The second kappa shape index (κ2) is 9.00. The first-order valence-electron chi connectivity index (χ1n) is 10.2. The number of nitrogens with zero attached hydrogens (tertiary/aromatic N) is 4. The Hall–Kier alpha value is -1.40. The van der Waals surface area contributed by atoms with Crippen LogP contribution in [0.3, 0.4) is 0 Å². The molecular weight excluding hydrogens is 328 g/mol. The van der Waals surface area contributed by atoms with Crippen molar-refractivity contribution in [1.82, 2.24) is 19.6 Å². The number of carbonyl (C=O) groups is 1. The Morgan fingerprint density at radius 2 is 2.12 bits per heavy atom. The molecule has 1 amide bonds. The standard InChI is InChI=1S/C20H34N4O2/c1-16(2)24-15-18(13-21-24)20(25)23(11-12-26-3)14-17-7-6-10-22-9-5-4-8-19(17)22/h13,15-17,19H,4-12,14H2,1-3H3/t17-,19-/m1/s1. The number of hydrogen-bond donors (Lipinski definition) is 0. The molecule has 0 aliphatic carbocycles. The SMILES string of the molecule is COCCN(C[C@H]1CCCN2CCCC[C@H]12)C(=O)c1cnn(C(C)C)c1. The fourth-order valence-electron chi connectivity index (χ4n) is 4.46. The summed E-state index contributed by atoms with van der Waals surface area (Å²) in [4.78, 5) is 17.8. The number of hydrogen-bond acceptors (Lipinski definition) is 4. The van der Waals surface area contributed by atoms with E-state index in [0.29, 0.717) is 30.7 Å². The van der Waals surface area contributed by atoms with E-state index in [1.165, 1.54) is 45.2 Å². The predicted molar refractivity (Wildman–Crippen MR) is 102 cm³/mol. The Labute approximate surface area is 157 Å². The first-order chi connectivity index (χ1) is 12.6. The summed E-state index contributed by atoms with van der Waals surface area (Å²) in [6.07, 6.45) is 9.98. The lowest BCUT2D eigenvalue weighted by Crippen LogP contribution is -2.52. The molecule has 0 saturated carbocycles. The summed E-state index contributed by atoms with van der Waals surface area (Å²) in [6.45, 7) is 8.66. The van der Waals surface area contributed by atoms with E-state index in [-0.39, 0.29) is 11.9 Å². The van der Waals surface area contributed by atoms with Crippen LogP contribution in [0.5, 0.6) is 0 Å². The van der Waals surface area contributed by atoms with Crippen LogP contribution in [0.2, 0.25) is 0 Å². The van der Waals surface area contributed by atoms with Crippen LogP contribution in [0.25, 0.3) is 0 Å². The molecule has 26 heavy (non-hydrogen) atoms. The molecule has 3 rings (SSSR count). The Kier molecular flexibility index (Phi) is 6.70. The van der Waals surface area contributed by atoms with E-state index in [4.69, 9.17) is 4.74 Å². The monoisotopic (exact) mass is 362 g/mol. The van der Waals surface area contributed by atoms with Crippen LogP contribution in [0.1, 0.15) is 62.4 Å². The molecule has 1 aromatic rings. The van der Waals surface area contributed by atoms with Gasteiger partial charge in [0.25, 0.3) is 5.91 Å². The molecule has 0 aromatic carbocycles. The van der Waals surface area contributed by atoms with Crippen molar-refractivity contribution in [3.05, 3.63) is 18.0 Å². The molecule has 0 spiro atoms. The van der Waals surface area contributed by atoms with E-state index in [9.17, 15) is 4.79 Å². The normalized spacial score (nSPS) is 23.8. The number of piperidine rings is 2. The number of amides is 1. The van der Waals surface area contributed by atoms with E-state index in [2.05, 4.69) is 23.8 Å². The van der Waals surface area contributed by atoms with Crippen LogP contribution < -0.4 is 0 Å². The average Bonchev–Trinajstić information content (AvgIpc) is 3.15. The molecule has 0 N–H and O–H groups in total. The third-order valence-corrected chi connectivity index (χ3v) is 5.91. The van der Waals surface area contributed by atoms with E-state index >= 15 is 0 Å². The van der Waals surface area contributed by atoms with Gasteiger partial charge in [-0.1, -0.05) is 6.42 Å². The highest BCUT2D eigenvalue weighted by Crippen LogP contribution is 2.31. The van der Waals surface area contributed by atoms with Gasteiger partial charge in [0.05, 0.1) is 18.4 Å². The second-order valence-electron chi connectivity index (χ2n) is 8.05. The van der Waals surface area contributed by atoms with Crippen molar-refractivity contribution in [2.45, 2.75) is 58.0 Å². The van der Waals surface area contributed by atoms with Crippen LogP contribution in [-0.4, -0.2) is 71.4 Å². The van der Waals surface area contributed by atoms with Crippen molar-refractivity contribution in [3.8, 4) is 0 Å². The van der Waals surface area contributed by atoms with Gasteiger partial charge >= 0.3 is 0 Å². The largest absolute Gasteiger partial charge is 0.383 e. The molecule has 1 aromatic heterocycles. The topological polar surface area (TPSA) is 50.6 Å². The number of aromatic nitrogens is 2. The van der Waals surface area contributed by atoms with Gasteiger partial charge in [0.1, 0.15) is 0 Å². The van der Waals surface area contributed by atoms with Gasteiger partial charge in [-0.2, -0.15) is 5.10 Å². The summed E-state index contributed by atoms with van der Waals surface area (Å²) in [7, 11) is 1.70. The number of fused-ring (bicyclic) bond motifs is 1. The molecule has 146 valence electrons. The molecule has 2 aliphatic heterocycles. The van der Waals surface area contributed by atoms with Crippen molar-refractivity contribution in [2.75, 3.05) is 39.9 Å². The van der Waals surface area contributed by atoms with E-state index in [1.807, 2.05) is 15.8 Å². The fourth-order valence-corrected chi connectivity index (χ4v) is 4.46. The highest BCUT2D eigenvalue weighted by atomic mass is 16.5. The highest BCUT2D eigenvalue weighted by molar-refractivity contribution is 5.93. The summed E-state index contributed by atoms with van der Waals surface area (Å²) in [5, 5.41) is 4.34. The maximum absolute atomic E-state index is 13.1. The highest BCUT2D eigenvalue weighted by Gasteiger charge is 2.34. The Bertz CT molecular complexity index is 584. The zero-order chi connectivity index (χ0) is 18.5. The van der Waals surface area contributed by atoms with Crippen molar-refractivity contribution in [2.24, 2.45) is 5.92 Å². The number of methoxy groups -OCH3 is 1. The van der Waals surface area contributed by atoms with Crippen LogP contribution in [0.4, 0.5) is 0 Å². The minimum atomic E-state index is 0.0851. The van der Waals surface area contributed by atoms with Crippen LogP contribution >= 0.6 is 0 Å². The third-order valence-electron chi connectivity index (χ3n) is 5.91. The number of rotatable bonds is 7. The van der Waals surface area contributed by atoms with E-state index < -0.39 is 0 Å². The first-order valence-corrected chi connectivity index (χ1v) is 10.2. The molecule has 2 aliphatic rings. The lowest BCUT2D eigenvalue weighted by molar-refractivity contribution is 0.0315. The van der Waals surface area contributed by atoms with Gasteiger partial charge in [0, 0.05) is 38.5 Å². The van der Waals surface area contributed by atoms with E-state index in [1.54, 1.807) is 13.3 Å². The average molecular weight is 363 g/mol. The van der Waals surface area contributed by atoms with Gasteiger partial charge in [-0.25, -0.2) is 0 Å². The zero-order valence-electron chi connectivity index (χ0n) is 16.6. The summed E-state index contributed by atoms with van der Waals surface area (Å²) < 4.78 is 7.12. The van der Waals surface area contributed by atoms with Gasteiger partial charge in [-0.05, 0) is 58.5 Å². The van der Waals surface area contributed by atoms with Gasteiger partial charge < -0.3 is 14.5 Å².